The Kier molecular flexibility index (Phi) is 10.2. The van der Waals surface area contributed by atoms with Gasteiger partial charge in [0.2, 0.25) is 0 Å². The quantitative estimate of drug-likeness (QED) is 0.138. The van der Waals surface area contributed by atoms with Crippen LogP contribution in [0.2, 0.25) is 0 Å². The van der Waals surface area contributed by atoms with Gasteiger partial charge in [0.25, 0.3) is 0 Å². The van der Waals surface area contributed by atoms with E-state index in [4.69, 9.17) is 28.4 Å². The van der Waals surface area contributed by atoms with Crippen molar-refractivity contribution in [2.75, 3.05) is 19.8 Å². The Balaban J connectivity index is 1.90. The van der Waals surface area contributed by atoms with Crippen molar-refractivity contribution < 1.29 is 52.4 Å². The maximum absolute atomic E-state index is 13.4. The number of esters is 5. The van der Waals surface area contributed by atoms with Crippen LogP contribution >= 0.6 is 0 Å². The summed E-state index contributed by atoms with van der Waals surface area (Å²) in [5.74, 6) is -3.43. The summed E-state index contributed by atoms with van der Waals surface area (Å²) in [6.07, 6.45) is 3.04. The molecule has 2 aliphatic carbocycles. The SMILES string of the molecule is C/C=C(\C)C(=O)O[C@@H](C[C@@]1(C)[C@H](C)C[C@H](OC(C)=O)[C@]2(COC(C)=O)[C@@H]1[C@H](OC(=O)[C@@H](C)CC)CC[C@]21CO1)C1=CC(=O)OC1. The molecule has 2 aliphatic heterocycles. The van der Waals surface area contributed by atoms with Crippen molar-refractivity contribution in [2.24, 2.45) is 28.6 Å². The van der Waals surface area contributed by atoms with E-state index >= 15 is 0 Å². The molecule has 0 unspecified atom stereocenters. The van der Waals surface area contributed by atoms with E-state index in [0.29, 0.717) is 43.4 Å². The molecule has 11 nitrogen and oxygen atoms in total. The van der Waals surface area contributed by atoms with Crippen LogP contribution in [0.4, 0.5) is 0 Å². The molecule has 250 valence electrons. The average Bonchev–Trinajstić information content (AvgIpc) is 3.64. The zero-order valence-corrected chi connectivity index (χ0v) is 27.8. The summed E-state index contributed by atoms with van der Waals surface area (Å²) in [6, 6.07) is 0. The minimum absolute atomic E-state index is 0.0189. The van der Waals surface area contributed by atoms with Gasteiger partial charge in [-0.1, -0.05) is 33.8 Å². The summed E-state index contributed by atoms with van der Waals surface area (Å²) in [4.78, 5) is 63.6. The van der Waals surface area contributed by atoms with Crippen LogP contribution in [0.1, 0.15) is 87.5 Å². The van der Waals surface area contributed by atoms with Crippen LogP contribution in [0.25, 0.3) is 0 Å². The smallest absolute Gasteiger partial charge is 0.333 e. The van der Waals surface area contributed by atoms with Crippen LogP contribution in [-0.4, -0.2) is 73.6 Å². The molecule has 1 spiro atoms. The van der Waals surface area contributed by atoms with Gasteiger partial charge in [-0.25, -0.2) is 9.59 Å². The van der Waals surface area contributed by atoms with Gasteiger partial charge in [0.05, 0.1) is 17.9 Å². The Bertz CT molecular complexity index is 1260. The van der Waals surface area contributed by atoms with E-state index in [2.05, 4.69) is 6.92 Å². The van der Waals surface area contributed by atoms with Crippen molar-refractivity contribution in [1.29, 1.82) is 0 Å². The molecule has 0 radical (unpaired) electrons. The number of fused-ring (bicyclic) bond motifs is 2. The summed E-state index contributed by atoms with van der Waals surface area (Å²) in [6.45, 7) is 14.1. The predicted molar refractivity (Wildman–Crippen MR) is 160 cm³/mol. The zero-order chi connectivity index (χ0) is 33.3. The number of hydrogen-bond donors (Lipinski definition) is 0. The lowest BCUT2D eigenvalue weighted by molar-refractivity contribution is -0.260. The third kappa shape index (κ3) is 6.55. The Morgan fingerprint density at radius 1 is 1.13 bits per heavy atom. The van der Waals surface area contributed by atoms with Crippen molar-refractivity contribution in [1.82, 2.24) is 0 Å². The monoisotopic (exact) mass is 632 g/mol. The molecule has 45 heavy (non-hydrogen) atoms. The summed E-state index contributed by atoms with van der Waals surface area (Å²) < 4.78 is 35.7. The first-order chi connectivity index (χ1) is 21.1. The second-order valence-corrected chi connectivity index (χ2v) is 13.5. The van der Waals surface area contributed by atoms with Crippen LogP contribution in [0.5, 0.6) is 0 Å². The molecule has 0 aromatic rings. The molecule has 0 aromatic heterocycles. The van der Waals surface area contributed by atoms with E-state index in [-0.39, 0.29) is 37.4 Å². The van der Waals surface area contributed by atoms with Gasteiger partial charge in [-0.05, 0) is 57.3 Å². The number of ether oxygens (including phenoxy) is 6. The van der Waals surface area contributed by atoms with Gasteiger partial charge in [0.1, 0.15) is 37.1 Å². The van der Waals surface area contributed by atoms with Crippen molar-refractivity contribution in [2.45, 2.75) is 111 Å². The molecule has 11 heteroatoms. The van der Waals surface area contributed by atoms with Gasteiger partial charge in [-0.15, -0.1) is 0 Å². The second kappa shape index (κ2) is 13.3. The Labute approximate surface area is 265 Å². The molecule has 0 bridgehead atoms. The van der Waals surface area contributed by atoms with Crippen molar-refractivity contribution in [3.63, 3.8) is 0 Å². The highest BCUT2D eigenvalue weighted by Crippen LogP contribution is 2.70. The normalized spacial score (nSPS) is 35.3. The van der Waals surface area contributed by atoms with Crippen molar-refractivity contribution >= 4 is 29.8 Å². The number of carbonyl (C=O) groups excluding carboxylic acids is 5. The fourth-order valence-corrected chi connectivity index (χ4v) is 7.84. The number of rotatable bonds is 11. The standard InChI is InChI=1S/C34H48O11/c1-9-19(3)30(38)44-25-11-12-33(17-42-33)34(18-41-22(6)35)27(43-23(7)36)13-21(5)32(8,29(25)34)15-26(24-14-28(37)40-16-24)45-31(39)20(4)10-2/h10,14,19,21,25-27,29H,9,11-13,15-18H2,1-8H3/b20-10+/t19-,21+,25+,26-,27-,29+,32-,33-,34+/m0/s1. The third-order valence-corrected chi connectivity index (χ3v) is 10.9. The molecule has 4 rings (SSSR count). The van der Waals surface area contributed by atoms with Gasteiger partial charge in [0, 0.05) is 37.0 Å². The highest BCUT2D eigenvalue weighted by Gasteiger charge is 2.77. The Hall–Kier alpha value is -3.21. The van der Waals surface area contributed by atoms with Gasteiger partial charge < -0.3 is 28.4 Å². The van der Waals surface area contributed by atoms with E-state index in [1.165, 1.54) is 19.9 Å². The molecule has 0 N–H and O–H groups in total. The second-order valence-electron chi connectivity index (χ2n) is 13.5. The van der Waals surface area contributed by atoms with Crippen molar-refractivity contribution in [3.05, 3.63) is 23.3 Å². The Morgan fingerprint density at radius 3 is 2.36 bits per heavy atom. The van der Waals surface area contributed by atoms with Crippen molar-refractivity contribution in [3.8, 4) is 0 Å². The number of allylic oxidation sites excluding steroid dienone is 1. The highest BCUT2D eigenvalue weighted by atomic mass is 16.6. The molecule has 3 fully saturated rings. The van der Waals surface area contributed by atoms with Gasteiger partial charge in [-0.3, -0.25) is 14.4 Å². The van der Waals surface area contributed by atoms with E-state index < -0.39 is 64.5 Å². The summed E-state index contributed by atoms with van der Waals surface area (Å²) >= 11 is 0. The number of hydrogen-bond acceptors (Lipinski definition) is 11. The first kappa shape index (κ1) is 34.7. The van der Waals surface area contributed by atoms with Crippen LogP contribution in [0.3, 0.4) is 0 Å². The summed E-state index contributed by atoms with van der Waals surface area (Å²) in [7, 11) is 0. The average molecular weight is 633 g/mol. The first-order valence-electron chi connectivity index (χ1n) is 16.0. The number of cyclic esters (lactones) is 1. The van der Waals surface area contributed by atoms with E-state index in [1.54, 1.807) is 19.9 Å². The van der Waals surface area contributed by atoms with Crippen LogP contribution in [0, 0.1) is 28.6 Å². The molecular formula is C34H48O11. The van der Waals surface area contributed by atoms with Gasteiger partial charge >= 0.3 is 29.8 Å². The van der Waals surface area contributed by atoms with Crippen LogP contribution in [-0.2, 0) is 52.4 Å². The van der Waals surface area contributed by atoms with E-state index in [9.17, 15) is 24.0 Å². The third-order valence-electron chi connectivity index (χ3n) is 10.9. The zero-order valence-electron chi connectivity index (χ0n) is 27.8. The van der Waals surface area contributed by atoms with Crippen LogP contribution < -0.4 is 0 Å². The largest absolute Gasteiger partial charge is 0.465 e. The van der Waals surface area contributed by atoms with E-state index in [0.717, 1.165) is 0 Å². The molecule has 1 saturated heterocycles. The van der Waals surface area contributed by atoms with E-state index in [1.807, 2.05) is 20.8 Å². The van der Waals surface area contributed by atoms with Gasteiger partial charge in [0.15, 0.2) is 0 Å². The lowest BCUT2D eigenvalue weighted by Gasteiger charge is -2.64. The Morgan fingerprint density at radius 2 is 1.82 bits per heavy atom. The first-order valence-corrected chi connectivity index (χ1v) is 16.0. The lowest BCUT2D eigenvalue weighted by atomic mass is 9.42. The maximum Gasteiger partial charge on any atom is 0.333 e. The fourth-order valence-electron chi connectivity index (χ4n) is 7.84. The molecule has 2 heterocycles. The summed E-state index contributed by atoms with van der Waals surface area (Å²) in [5.41, 5.74) is -1.69. The fraction of sp³-hybridized carbons (Fsp3) is 0.735. The number of carbonyl (C=O) groups is 5. The minimum atomic E-state index is -1.07. The molecule has 0 amide bonds. The number of epoxide rings is 1. The molecule has 4 aliphatic rings. The topological polar surface area (TPSA) is 144 Å². The van der Waals surface area contributed by atoms with Gasteiger partial charge in [-0.2, -0.15) is 0 Å². The maximum atomic E-state index is 13.4. The molecule has 2 saturated carbocycles. The minimum Gasteiger partial charge on any atom is -0.465 e. The lowest BCUT2D eigenvalue weighted by Crippen LogP contribution is -2.71. The summed E-state index contributed by atoms with van der Waals surface area (Å²) in [5, 5.41) is 0. The predicted octanol–water partition coefficient (Wildman–Crippen LogP) is 4.40. The molecule has 0 aromatic carbocycles. The molecule has 9 atom stereocenters. The highest BCUT2D eigenvalue weighted by molar-refractivity contribution is 5.88. The molecular weight excluding hydrogens is 584 g/mol. The van der Waals surface area contributed by atoms with Crippen LogP contribution in [0.15, 0.2) is 23.3 Å².